The van der Waals surface area contributed by atoms with E-state index in [1.165, 1.54) is 5.56 Å². The quantitative estimate of drug-likeness (QED) is 0.548. The number of carbonyl (C=O) groups excluding carboxylic acids is 1. The molecule has 0 aliphatic carbocycles. The molecule has 2 aromatic carbocycles. The lowest BCUT2D eigenvalue weighted by Gasteiger charge is -2.02. The molecule has 0 unspecified atom stereocenters. The average molecular weight is 360 g/mol. The zero-order chi connectivity index (χ0) is 18.6. The number of aryl methyl sites for hydroxylation is 2. The third kappa shape index (κ3) is 4.06. The van der Waals surface area contributed by atoms with Crippen LogP contribution in [0.1, 0.15) is 23.7 Å². The standard InChI is InChI=1S/C21H20N4O2/c1-14-6-8-15(9-7-14)18-12-23-21(27-18)11-10-20(26)22-13-19-24-16-4-2-3-5-17(16)25-19/h2-9,12H,10-11,13H2,1H3,(H,22,26)(H,24,25). The van der Waals surface area contributed by atoms with Crippen LogP contribution < -0.4 is 5.32 Å². The molecule has 0 aliphatic heterocycles. The van der Waals surface area contributed by atoms with Gasteiger partial charge in [-0.2, -0.15) is 0 Å². The molecule has 0 aliphatic rings. The molecule has 0 fully saturated rings. The van der Waals surface area contributed by atoms with Gasteiger partial charge in [0.25, 0.3) is 0 Å². The zero-order valence-corrected chi connectivity index (χ0v) is 15.0. The molecule has 0 spiro atoms. The number of fused-ring (bicyclic) bond motifs is 1. The van der Waals surface area contributed by atoms with Crippen LogP contribution in [0.4, 0.5) is 0 Å². The molecule has 0 saturated carbocycles. The highest BCUT2D eigenvalue weighted by Gasteiger charge is 2.10. The predicted molar refractivity (Wildman–Crippen MR) is 103 cm³/mol. The summed E-state index contributed by atoms with van der Waals surface area (Å²) in [5.74, 6) is 1.95. The molecular weight excluding hydrogens is 340 g/mol. The van der Waals surface area contributed by atoms with E-state index < -0.39 is 0 Å². The van der Waals surface area contributed by atoms with Crippen LogP contribution >= 0.6 is 0 Å². The number of H-pyrrole nitrogens is 1. The minimum atomic E-state index is -0.0643. The molecule has 6 nitrogen and oxygen atoms in total. The highest BCUT2D eigenvalue weighted by Crippen LogP contribution is 2.21. The molecule has 0 atom stereocenters. The summed E-state index contributed by atoms with van der Waals surface area (Å²) >= 11 is 0. The van der Waals surface area contributed by atoms with Crippen molar-refractivity contribution in [3.63, 3.8) is 0 Å². The Labute approximate surface area is 156 Å². The SMILES string of the molecule is Cc1ccc(-c2cnc(CCC(=O)NCc3nc4ccccc4[nH]3)o2)cc1. The van der Waals surface area contributed by atoms with Crippen LogP contribution in [-0.4, -0.2) is 20.9 Å². The number of benzene rings is 2. The molecule has 27 heavy (non-hydrogen) atoms. The Morgan fingerprint density at radius 3 is 2.78 bits per heavy atom. The van der Waals surface area contributed by atoms with Gasteiger partial charge >= 0.3 is 0 Å². The molecule has 136 valence electrons. The van der Waals surface area contributed by atoms with Crippen molar-refractivity contribution in [2.45, 2.75) is 26.3 Å². The summed E-state index contributed by atoms with van der Waals surface area (Å²) in [6.45, 7) is 2.41. The van der Waals surface area contributed by atoms with Crippen molar-refractivity contribution < 1.29 is 9.21 Å². The fourth-order valence-electron chi connectivity index (χ4n) is 2.86. The van der Waals surface area contributed by atoms with Crippen LogP contribution in [0.3, 0.4) is 0 Å². The second kappa shape index (κ2) is 7.45. The van der Waals surface area contributed by atoms with E-state index >= 15 is 0 Å². The van der Waals surface area contributed by atoms with Gasteiger partial charge < -0.3 is 14.7 Å². The van der Waals surface area contributed by atoms with Crippen molar-refractivity contribution in [2.75, 3.05) is 0 Å². The third-order valence-corrected chi connectivity index (χ3v) is 4.35. The third-order valence-electron chi connectivity index (χ3n) is 4.35. The summed E-state index contributed by atoms with van der Waals surface area (Å²) in [5, 5.41) is 2.87. The van der Waals surface area contributed by atoms with E-state index in [9.17, 15) is 4.79 Å². The summed E-state index contributed by atoms with van der Waals surface area (Å²) in [4.78, 5) is 24.0. The van der Waals surface area contributed by atoms with Gasteiger partial charge in [-0.3, -0.25) is 4.79 Å². The Morgan fingerprint density at radius 2 is 1.96 bits per heavy atom. The molecule has 4 rings (SSSR count). The van der Waals surface area contributed by atoms with Crippen molar-refractivity contribution in [2.24, 2.45) is 0 Å². The van der Waals surface area contributed by atoms with E-state index in [0.29, 0.717) is 31.0 Å². The summed E-state index contributed by atoms with van der Waals surface area (Å²) in [6.07, 6.45) is 2.47. The molecule has 2 aromatic heterocycles. The van der Waals surface area contributed by atoms with Crippen molar-refractivity contribution in [1.82, 2.24) is 20.3 Å². The monoisotopic (exact) mass is 360 g/mol. The van der Waals surface area contributed by atoms with Crippen LogP contribution in [0.15, 0.2) is 59.1 Å². The van der Waals surface area contributed by atoms with E-state index in [-0.39, 0.29) is 5.91 Å². The van der Waals surface area contributed by atoms with E-state index in [2.05, 4.69) is 20.3 Å². The topological polar surface area (TPSA) is 83.8 Å². The summed E-state index contributed by atoms with van der Waals surface area (Å²) < 4.78 is 5.75. The highest BCUT2D eigenvalue weighted by molar-refractivity contribution is 5.77. The lowest BCUT2D eigenvalue weighted by molar-refractivity contribution is -0.121. The van der Waals surface area contributed by atoms with Gasteiger partial charge in [0.15, 0.2) is 11.7 Å². The molecule has 6 heteroatoms. The van der Waals surface area contributed by atoms with Gasteiger partial charge in [0, 0.05) is 18.4 Å². The Bertz CT molecular complexity index is 1030. The summed E-state index contributed by atoms with van der Waals surface area (Å²) in [5.41, 5.74) is 4.03. The van der Waals surface area contributed by atoms with Crippen molar-refractivity contribution in [3.8, 4) is 11.3 Å². The molecular formula is C21H20N4O2. The Morgan fingerprint density at radius 1 is 1.15 bits per heavy atom. The maximum Gasteiger partial charge on any atom is 0.220 e. The first-order chi connectivity index (χ1) is 13.2. The lowest BCUT2D eigenvalue weighted by atomic mass is 10.1. The number of hydrogen-bond acceptors (Lipinski definition) is 4. The number of imidazole rings is 1. The number of oxazole rings is 1. The second-order valence-corrected chi connectivity index (χ2v) is 6.46. The number of rotatable bonds is 6. The van der Waals surface area contributed by atoms with Gasteiger partial charge in [0.1, 0.15) is 5.82 Å². The minimum Gasteiger partial charge on any atom is -0.441 e. The Kier molecular flexibility index (Phi) is 4.70. The maximum absolute atomic E-state index is 12.1. The highest BCUT2D eigenvalue weighted by atomic mass is 16.4. The molecule has 2 heterocycles. The average Bonchev–Trinajstić information content (AvgIpc) is 3.32. The molecule has 0 radical (unpaired) electrons. The van der Waals surface area contributed by atoms with Crippen LogP contribution in [0.2, 0.25) is 0 Å². The van der Waals surface area contributed by atoms with Crippen molar-refractivity contribution >= 4 is 16.9 Å². The molecule has 2 N–H and O–H groups in total. The first-order valence-electron chi connectivity index (χ1n) is 8.89. The number of aromatic amines is 1. The fraction of sp³-hybridized carbons (Fsp3) is 0.190. The van der Waals surface area contributed by atoms with E-state index in [4.69, 9.17) is 4.42 Å². The molecule has 0 bridgehead atoms. The van der Waals surface area contributed by atoms with Crippen LogP contribution in [0.25, 0.3) is 22.4 Å². The van der Waals surface area contributed by atoms with Crippen molar-refractivity contribution in [1.29, 1.82) is 0 Å². The van der Waals surface area contributed by atoms with Gasteiger partial charge in [0.2, 0.25) is 5.91 Å². The summed E-state index contributed by atoms with van der Waals surface area (Å²) in [7, 11) is 0. The van der Waals surface area contributed by atoms with E-state index in [1.807, 2.05) is 55.5 Å². The van der Waals surface area contributed by atoms with Gasteiger partial charge in [-0.05, 0) is 19.1 Å². The fourth-order valence-corrected chi connectivity index (χ4v) is 2.86. The van der Waals surface area contributed by atoms with Gasteiger partial charge in [-0.15, -0.1) is 0 Å². The van der Waals surface area contributed by atoms with E-state index in [1.54, 1.807) is 6.20 Å². The van der Waals surface area contributed by atoms with Gasteiger partial charge in [-0.25, -0.2) is 9.97 Å². The van der Waals surface area contributed by atoms with Crippen LogP contribution in [-0.2, 0) is 17.8 Å². The first-order valence-corrected chi connectivity index (χ1v) is 8.89. The van der Waals surface area contributed by atoms with Gasteiger partial charge in [0.05, 0.1) is 23.8 Å². The summed E-state index contributed by atoms with van der Waals surface area (Å²) in [6, 6.07) is 15.8. The number of nitrogens with one attached hydrogen (secondary N) is 2. The number of hydrogen-bond donors (Lipinski definition) is 2. The molecule has 4 aromatic rings. The van der Waals surface area contributed by atoms with Crippen LogP contribution in [0, 0.1) is 6.92 Å². The normalized spacial score (nSPS) is 11.0. The predicted octanol–water partition coefficient (Wildman–Crippen LogP) is 3.78. The maximum atomic E-state index is 12.1. The number of amides is 1. The molecule has 0 saturated heterocycles. The number of carbonyl (C=O) groups is 1. The second-order valence-electron chi connectivity index (χ2n) is 6.46. The number of nitrogens with zero attached hydrogens (tertiary/aromatic N) is 2. The minimum absolute atomic E-state index is 0.0643. The number of aromatic nitrogens is 3. The number of para-hydroxylation sites is 2. The Hall–Kier alpha value is -3.41. The lowest BCUT2D eigenvalue weighted by Crippen LogP contribution is -2.23. The largest absolute Gasteiger partial charge is 0.441 e. The Balaban J connectivity index is 1.29. The van der Waals surface area contributed by atoms with E-state index in [0.717, 1.165) is 22.4 Å². The van der Waals surface area contributed by atoms with Crippen molar-refractivity contribution in [3.05, 3.63) is 72.0 Å². The zero-order valence-electron chi connectivity index (χ0n) is 15.0. The smallest absolute Gasteiger partial charge is 0.220 e. The molecule has 1 amide bonds. The first kappa shape index (κ1) is 17.0. The van der Waals surface area contributed by atoms with Crippen LogP contribution in [0.5, 0.6) is 0 Å². The van der Waals surface area contributed by atoms with Gasteiger partial charge in [-0.1, -0.05) is 42.0 Å².